The SMILES string of the molecule is Cc1cc(Nc2ncn(-c3cc(F)cc(F)c3)n2)c(F)c(N2CCN(CC(C)(C)C)C(C)C2)c1.[HH]. The normalized spacial score (nSPS) is 17.3. The summed E-state index contributed by atoms with van der Waals surface area (Å²) in [7, 11) is 0. The van der Waals surface area contributed by atoms with Gasteiger partial charge in [0.15, 0.2) is 5.82 Å². The lowest BCUT2D eigenvalue weighted by Gasteiger charge is -2.43. The summed E-state index contributed by atoms with van der Waals surface area (Å²) in [6.07, 6.45) is 1.32. The second-order valence-corrected chi connectivity index (χ2v) is 10.2. The molecule has 1 unspecified atom stereocenters. The van der Waals surface area contributed by atoms with Crippen molar-refractivity contribution < 1.29 is 14.6 Å². The van der Waals surface area contributed by atoms with Crippen LogP contribution < -0.4 is 10.2 Å². The number of piperazine rings is 1. The number of nitrogens with zero attached hydrogens (tertiary/aromatic N) is 5. The van der Waals surface area contributed by atoms with Crippen molar-refractivity contribution >= 4 is 17.3 Å². The predicted molar refractivity (Wildman–Crippen MR) is 131 cm³/mol. The van der Waals surface area contributed by atoms with Crippen LogP contribution >= 0.6 is 0 Å². The van der Waals surface area contributed by atoms with Crippen LogP contribution in [0.3, 0.4) is 0 Å². The number of halogens is 3. The van der Waals surface area contributed by atoms with Crippen molar-refractivity contribution in [3.63, 3.8) is 0 Å². The van der Waals surface area contributed by atoms with E-state index < -0.39 is 11.6 Å². The van der Waals surface area contributed by atoms with Gasteiger partial charge in [0.1, 0.15) is 18.0 Å². The van der Waals surface area contributed by atoms with Crippen LogP contribution in [0.15, 0.2) is 36.7 Å². The van der Waals surface area contributed by atoms with Crippen LogP contribution in [0.25, 0.3) is 5.69 Å². The Morgan fingerprint density at radius 1 is 1.06 bits per heavy atom. The van der Waals surface area contributed by atoms with E-state index in [9.17, 15) is 8.78 Å². The maximum atomic E-state index is 15.6. The quantitative estimate of drug-likeness (QED) is 0.526. The van der Waals surface area contributed by atoms with Gasteiger partial charge in [0.25, 0.3) is 0 Å². The maximum Gasteiger partial charge on any atom is 0.247 e. The average Bonchev–Trinajstić information content (AvgIpc) is 3.19. The van der Waals surface area contributed by atoms with Crippen LogP contribution in [0.1, 0.15) is 34.7 Å². The lowest BCUT2D eigenvalue weighted by Crippen LogP contribution is -2.54. The summed E-state index contributed by atoms with van der Waals surface area (Å²) in [4.78, 5) is 8.66. The highest BCUT2D eigenvalue weighted by Gasteiger charge is 2.29. The summed E-state index contributed by atoms with van der Waals surface area (Å²) in [5.41, 5.74) is 2.08. The molecule has 0 spiro atoms. The van der Waals surface area contributed by atoms with Crippen LogP contribution in [0.2, 0.25) is 0 Å². The lowest BCUT2D eigenvalue weighted by atomic mass is 9.94. The molecule has 1 aliphatic rings. The van der Waals surface area contributed by atoms with Gasteiger partial charge in [0.05, 0.1) is 17.1 Å². The van der Waals surface area contributed by atoms with E-state index in [4.69, 9.17) is 0 Å². The second-order valence-electron chi connectivity index (χ2n) is 10.2. The van der Waals surface area contributed by atoms with Gasteiger partial charge in [-0.2, -0.15) is 4.98 Å². The summed E-state index contributed by atoms with van der Waals surface area (Å²) < 4.78 is 43.9. The Kier molecular flexibility index (Phi) is 6.58. The van der Waals surface area contributed by atoms with Gasteiger partial charge >= 0.3 is 0 Å². The molecule has 3 aromatic rings. The van der Waals surface area contributed by atoms with E-state index in [0.717, 1.165) is 49.9 Å². The van der Waals surface area contributed by atoms with Crippen molar-refractivity contribution in [1.29, 1.82) is 0 Å². The zero-order chi connectivity index (χ0) is 24.6. The molecule has 0 bridgehead atoms. The Labute approximate surface area is 199 Å². The molecular formula is C25H33F3N6. The second kappa shape index (κ2) is 9.29. The summed E-state index contributed by atoms with van der Waals surface area (Å²) in [5.74, 6) is -1.68. The molecular weight excluding hydrogens is 441 g/mol. The Hall–Kier alpha value is -3.07. The number of hydrogen-bond donors (Lipinski definition) is 1. The third-order valence-electron chi connectivity index (χ3n) is 5.83. The van der Waals surface area contributed by atoms with Crippen molar-refractivity contribution in [2.45, 2.75) is 40.7 Å². The number of benzene rings is 2. The highest BCUT2D eigenvalue weighted by molar-refractivity contribution is 5.65. The van der Waals surface area contributed by atoms with E-state index in [2.05, 4.69) is 52.9 Å². The topological polar surface area (TPSA) is 49.2 Å². The molecule has 0 aliphatic carbocycles. The number of nitrogens with one attached hydrogen (secondary N) is 1. The van der Waals surface area contributed by atoms with E-state index in [1.54, 1.807) is 6.07 Å². The zero-order valence-electron chi connectivity index (χ0n) is 20.2. The van der Waals surface area contributed by atoms with Gasteiger partial charge < -0.3 is 10.2 Å². The fraction of sp³-hybridized carbons (Fsp3) is 0.440. The molecule has 184 valence electrons. The molecule has 9 heteroatoms. The number of anilines is 3. The van der Waals surface area contributed by atoms with Gasteiger partial charge in [-0.25, -0.2) is 17.9 Å². The summed E-state index contributed by atoms with van der Waals surface area (Å²) >= 11 is 0. The van der Waals surface area contributed by atoms with Crippen LogP contribution in [0.4, 0.5) is 30.5 Å². The molecule has 2 heterocycles. The third-order valence-corrected chi connectivity index (χ3v) is 5.83. The van der Waals surface area contributed by atoms with Crippen LogP contribution in [-0.4, -0.2) is 51.9 Å². The molecule has 0 radical (unpaired) electrons. The Balaban J connectivity index is 0.00000342. The van der Waals surface area contributed by atoms with Gasteiger partial charge in [-0.05, 0) is 49.1 Å². The summed E-state index contributed by atoms with van der Waals surface area (Å²) in [5, 5.41) is 7.12. The monoisotopic (exact) mass is 474 g/mol. The maximum absolute atomic E-state index is 15.6. The molecule has 2 aromatic carbocycles. The molecule has 1 saturated heterocycles. The zero-order valence-corrected chi connectivity index (χ0v) is 20.2. The molecule has 34 heavy (non-hydrogen) atoms. The number of rotatable bonds is 5. The van der Waals surface area contributed by atoms with E-state index >= 15 is 4.39 Å². The fourth-order valence-electron chi connectivity index (χ4n) is 4.37. The molecule has 1 atom stereocenters. The van der Waals surface area contributed by atoms with E-state index in [1.165, 1.54) is 11.0 Å². The highest BCUT2D eigenvalue weighted by atomic mass is 19.1. The van der Waals surface area contributed by atoms with Crippen molar-refractivity contribution in [1.82, 2.24) is 19.7 Å². The molecule has 1 fully saturated rings. The minimum Gasteiger partial charge on any atom is -0.366 e. The predicted octanol–water partition coefficient (Wildman–Crippen LogP) is 5.54. The summed E-state index contributed by atoms with van der Waals surface area (Å²) in [6, 6.07) is 6.93. The van der Waals surface area contributed by atoms with Crippen molar-refractivity contribution in [2.75, 3.05) is 36.4 Å². The smallest absolute Gasteiger partial charge is 0.247 e. The minimum atomic E-state index is -0.716. The van der Waals surface area contributed by atoms with Crippen LogP contribution in [0.5, 0.6) is 0 Å². The molecule has 1 aromatic heterocycles. The Bertz CT molecular complexity index is 1160. The number of hydrogen-bond acceptors (Lipinski definition) is 5. The average molecular weight is 475 g/mol. The van der Waals surface area contributed by atoms with Crippen molar-refractivity contribution in [3.8, 4) is 5.69 Å². The first-order valence-electron chi connectivity index (χ1n) is 11.4. The van der Waals surface area contributed by atoms with E-state index in [0.29, 0.717) is 11.7 Å². The van der Waals surface area contributed by atoms with Gasteiger partial charge in [-0.3, -0.25) is 4.90 Å². The number of aryl methyl sites for hydroxylation is 1. The first kappa shape index (κ1) is 24.1. The highest BCUT2D eigenvalue weighted by Crippen LogP contribution is 2.31. The van der Waals surface area contributed by atoms with E-state index in [1.807, 2.05) is 13.0 Å². The van der Waals surface area contributed by atoms with Gasteiger partial charge in [0.2, 0.25) is 5.95 Å². The number of aromatic nitrogens is 3. The van der Waals surface area contributed by atoms with Gasteiger partial charge in [0, 0.05) is 39.7 Å². The standard InChI is InChI=1S/C25H31F3N6.H2/c1-16-8-21(30-24-29-15-34(31-24)20-11-18(26)10-19(27)12-20)23(28)22(9-16)32-6-7-33(17(2)13-32)14-25(3,4)5;/h8-12,15,17H,6-7,13-14H2,1-5H3,(H,30,31);1H. The first-order chi connectivity index (χ1) is 16.0. The Morgan fingerprint density at radius 3 is 2.41 bits per heavy atom. The third kappa shape index (κ3) is 5.52. The largest absolute Gasteiger partial charge is 0.366 e. The van der Waals surface area contributed by atoms with Crippen LogP contribution in [-0.2, 0) is 0 Å². The molecule has 4 rings (SSSR count). The molecule has 6 nitrogen and oxygen atoms in total. The first-order valence-corrected chi connectivity index (χ1v) is 11.4. The van der Waals surface area contributed by atoms with Crippen molar-refractivity contribution in [3.05, 3.63) is 59.7 Å². The molecule has 1 aliphatic heterocycles. The minimum absolute atomic E-state index is 0. The molecule has 0 amide bonds. The van der Waals surface area contributed by atoms with Gasteiger partial charge in [-0.1, -0.05) is 20.8 Å². The van der Waals surface area contributed by atoms with Crippen molar-refractivity contribution in [2.24, 2.45) is 5.41 Å². The lowest BCUT2D eigenvalue weighted by molar-refractivity contribution is 0.133. The molecule has 1 N–H and O–H groups in total. The van der Waals surface area contributed by atoms with Gasteiger partial charge in [-0.15, -0.1) is 5.10 Å². The van der Waals surface area contributed by atoms with E-state index in [-0.39, 0.29) is 30.0 Å². The molecule has 0 saturated carbocycles. The summed E-state index contributed by atoms with van der Waals surface area (Å²) in [6.45, 7) is 14.1. The Morgan fingerprint density at radius 2 is 1.76 bits per heavy atom. The van der Waals surface area contributed by atoms with Crippen LogP contribution in [0, 0.1) is 29.8 Å². The fourth-order valence-corrected chi connectivity index (χ4v) is 4.37.